The predicted octanol–water partition coefficient (Wildman–Crippen LogP) is 1.96. The summed E-state index contributed by atoms with van der Waals surface area (Å²) in [4.78, 5) is 41.2. The number of hydrogen-bond acceptors (Lipinski definition) is 4. The monoisotopic (exact) mass is 436 g/mol. The van der Waals surface area contributed by atoms with Crippen molar-refractivity contribution < 1.29 is 19.5 Å². The van der Waals surface area contributed by atoms with Gasteiger partial charge in [-0.2, -0.15) is 5.10 Å². The van der Waals surface area contributed by atoms with Gasteiger partial charge >= 0.3 is 5.97 Å². The Kier molecular flexibility index (Phi) is 4.65. The van der Waals surface area contributed by atoms with Crippen LogP contribution < -0.4 is 0 Å². The number of likely N-dealkylation sites (tertiary alicyclic amines) is 2. The quantitative estimate of drug-likeness (QED) is 0.773. The molecule has 0 radical (unpaired) electrons. The summed E-state index contributed by atoms with van der Waals surface area (Å²) in [5.74, 6) is -1.61. The first-order valence-corrected chi connectivity index (χ1v) is 11.1. The highest BCUT2D eigenvalue weighted by atomic mass is 16.4. The smallest absolute Gasteiger partial charge is 0.309 e. The maximum absolute atomic E-state index is 13.1. The molecule has 2 unspecified atom stereocenters. The van der Waals surface area contributed by atoms with Gasteiger partial charge in [-0.3, -0.25) is 19.1 Å². The highest BCUT2D eigenvalue weighted by Crippen LogP contribution is 2.54. The molecule has 3 heterocycles. The van der Waals surface area contributed by atoms with Crippen molar-refractivity contribution in [3.63, 3.8) is 0 Å². The van der Waals surface area contributed by atoms with Crippen molar-refractivity contribution in [2.24, 2.45) is 22.7 Å². The molecule has 2 aromatic rings. The number of hydrogen-bond donors (Lipinski definition) is 1. The minimum atomic E-state index is -0.904. The molecule has 2 atom stereocenters. The van der Waals surface area contributed by atoms with Gasteiger partial charge in [0, 0.05) is 43.7 Å². The molecule has 5 rings (SSSR count). The number of aliphatic carboxylic acids is 1. The van der Waals surface area contributed by atoms with E-state index in [0.29, 0.717) is 31.7 Å². The highest BCUT2D eigenvalue weighted by molar-refractivity contribution is 5.94. The van der Waals surface area contributed by atoms with E-state index in [-0.39, 0.29) is 29.7 Å². The van der Waals surface area contributed by atoms with Crippen LogP contribution >= 0.6 is 0 Å². The fourth-order valence-electron chi connectivity index (χ4n) is 5.28. The average molecular weight is 437 g/mol. The van der Waals surface area contributed by atoms with Gasteiger partial charge < -0.3 is 14.9 Å². The fraction of sp³-hybridized carbons (Fsp3) is 0.500. The zero-order chi connectivity index (χ0) is 22.7. The third-order valence-corrected chi connectivity index (χ3v) is 7.44. The molecule has 2 saturated heterocycles. The molecule has 3 fully saturated rings. The van der Waals surface area contributed by atoms with Gasteiger partial charge in [0.05, 0.1) is 24.2 Å². The molecule has 2 aliphatic heterocycles. The first-order valence-electron chi connectivity index (χ1n) is 11.1. The molecule has 8 heteroatoms. The molecule has 2 amide bonds. The van der Waals surface area contributed by atoms with E-state index in [9.17, 15) is 19.5 Å². The first-order chi connectivity index (χ1) is 15.2. The number of amides is 2. The molecular weight excluding hydrogens is 408 g/mol. The number of rotatable bonds is 5. The molecule has 8 nitrogen and oxygen atoms in total. The van der Waals surface area contributed by atoms with E-state index in [1.165, 1.54) is 6.20 Å². The number of carboxylic acids is 1. The van der Waals surface area contributed by atoms with Gasteiger partial charge in [0.25, 0.3) is 5.91 Å². The van der Waals surface area contributed by atoms with Gasteiger partial charge in [-0.15, -0.1) is 0 Å². The maximum Gasteiger partial charge on any atom is 0.309 e. The first kappa shape index (κ1) is 20.7. The fourth-order valence-corrected chi connectivity index (χ4v) is 5.28. The van der Waals surface area contributed by atoms with Crippen molar-refractivity contribution in [3.05, 3.63) is 53.9 Å². The van der Waals surface area contributed by atoms with E-state index in [2.05, 4.69) is 18.9 Å². The normalized spacial score (nSPS) is 24.9. The van der Waals surface area contributed by atoms with Gasteiger partial charge in [0.1, 0.15) is 0 Å². The van der Waals surface area contributed by atoms with Gasteiger partial charge in [-0.1, -0.05) is 44.2 Å². The number of nitrogens with zero attached hydrogens (tertiary/aromatic N) is 4. The van der Waals surface area contributed by atoms with Crippen LogP contribution in [0.4, 0.5) is 0 Å². The summed E-state index contributed by atoms with van der Waals surface area (Å²) in [6.07, 6.45) is 4.13. The SMILES string of the molecule is CC1(C)CC1C(=O)N1CC2(CN(C(=O)c3cnn(Cc4ccccc4)c3)CC2C(=O)O)C1. The standard InChI is InChI=1S/C24H28N4O4/c1-23(2)8-18(23)21(30)27-14-24(15-27)13-26(12-19(24)22(31)32)20(29)17-9-25-28(11-17)10-16-6-4-3-5-7-16/h3-7,9,11,18-19H,8,10,12-15H2,1-2H3,(H,31,32). The van der Waals surface area contributed by atoms with Crippen molar-refractivity contribution in [1.29, 1.82) is 0 Å². The molecule has 1 N–H and O–H groups in total. The van der Waals surface area contributed by atoms with Crippen LogP contribution in [-0.2, 0) is 16.1 Å². The number of benzene rings is 1. The Hall–Kier alpha value is -3.16. The Labute approximate surface area is 186 Å². The molecule has 1 saturated carbocycles. The lowest BCUT2D eigenvalue weighted by Crippen LogP contribution is -2.63. The molecular formula is C24H28N4O4. The zero-order valence-corrected chi connectivity index (χ0v) is 18.4. The van der Waals surface area contributed by atoms with Crippen LogP contribution in [0.3, 0.4) is 0 Å². The Morgan fingerprint density at radius 1 is 1.06 bits per heavy atom. The van der Waals surface area contributed by atoms with Crippen LogP contribution in [0.2, 0.25) is 0 Å². The molecule has 32 heavy (non-hydrogen) atoms. The lowest BCUT2D eigenvalue weighted by atomic mass is 9.71. The molecule has 0 bridgehead atoms. The van der Waals surface area contributed by atoms with Crippen LogP contribution in [0, 0.1) is 22.7 Å². The highest BCUT2D eigenvalue weighted by Gasteiger charge is 2.62. The van der Waals surface area contributed by atoms with Crippen LogP contribution in [0.5, 0.6) is 0 Å². The average Bonchev–Trinajstić information content (AvgIpc) is 3.10. The second-order valence-electron chi connectivity index (χ2n) is 10.3. The van der Waals surface area contributed by atoms with E-state index in [1.54, 1.807) is 20.7 Å². The van der Waals surface area contributed by atoms with Crippen LogP contribution in [0.25, 0.3) is 0 Å². The van der Waals surface area contributed by atoms with E-state index in [0.717, 1.165) is 12.0 Å². The van der Waals surface area contributed by atoms with Crippen molar-refractivity contribution in [1.82, 2.24) is 19.6 Å². The Balaban J connectivity index is 1.26. The summed E-state index contributed by atoms with van der Waals surface area (Å²) < 4.78 is 1.71. The summed E-state index contributed by atoms with van der Waals surface area (Å²) in [5, 5.41) is 14.1. The van der Waals surface area contributed by atoms with Crippen molar-refractivity contribution in [2.45, 2.75) is 26.8 Å². The zero-order valence-electron chi connectivity index (χ0n) is 18.4. The Morgan fingerprint density at radius 2 is 1.72 bits per heavy atom. The topological polar surface area (TPSA) is 95.7 Å². The van der Waals surface area contributed by atoms with E-state index >= 15 is 0 Å². The molecule has 3 aliphatic rings. The Morgan fingerprint density at radius 3 is 2.34 bits per heavy atom. The predicted molar refractivity (Wildman–Crippen MR) is 116 cm³/mol. The number of aromatic nitrogens is 2. The summed E-state index contributed by atoms with van der Waals surface area (Å²) >= 11 is 0. The summed E-state index contributed by atoms with van der Waals surface area (Å²) in [7, 11) is 0. The van der Waals surface area contributed by atoms with Crippen molar-refractivity contribution in [3.8, 4) is 0 Å². The van der Waals surface area contributed by atoms with Crippen LogP contribution in [0.15, 0.2) is 42.7 Å². The van der Waals surface area contributed by atoms with Crippen LogP contribution in [0.1, 0.15) is 36.2 Å². The lowest BCUT2D eigenvalue weighted by molar-refractivity contribution is -0.158. The van der Waals surface area contributed by atoms with E-state index in [1.807, 2.05) is 30.3 Å². The molecule has 1 aromatic heterocycles. The Bertz CT molecular complexity index is 1070. The van der Waals surface area contributed by atoms with Crippen molar-refractivity contribution >= 4 is 17.8 Å². The molecule has 168 valence electrons. The van der Waals surface area contributed by atoms with Gasteiger partial charge in [-0.25, -0.2) is 0 Å². The van der Waals surface area contributed by atoms with Crippen LogP contribution in [-0.4, -0.2) is 68.6 Å². The minimum absolute atomic E-state index is 0.0396. The third-order valence-electron chi connectivity index (χ3n) is 7.44. The van der Waals surface area contributed by atoms with E-state index < -0.39 is 17.3 Å². The summed E-state index contributed by atoms with van der Waals surface area (Å²) in [6.45, 7) is 6.06. The lowest BCUT2D eigenvalue weighted by Gasteiger charge is -2.50. The van der Waals surface area contributed by atoms with Gasteiger partial charge in [0.2, 0.25) is 5.91 Å². The largest absolute Gasteiger partial charge is 0.481 e. The molecule has 1 aromatic carbocycles. The second-order valence-corrected chi connectivity index (χ2v) is 10.3. The molecule has 1 aliphatic carbocycles. The summed E-state index contributed by atoms with van der Waals surface area (Å²) in [6, 6.07) is 9.85. The maximum atomic E-state index is 13.1. The molecule has 1 spiro atoms. The van der Waals surface area contributed by atoms with Gasteiger partial charge in [0.15, 0.2) is 0 Å². The minimum Gasteiger partial charge on any atom is -0.481 e. The second kappa shape index (κ2) is 7.18. The van der Waals surface area contributed by atoms with Crippen molar-refractivity contribution in [2.75, 3.05) is 26.2 Å². The van der Waals surface area contributed by atoms with E-state index in [4.69, 9.17) is 0 Å². The number of carbonyl (C=O) groups excluding carboxylic acids is 2. The third kappa shape index (κ3) is 3.47. The summed E-state index contributed by atoms with van der Waals surface area (Å²) in [5.41, 5.74) is 1.02. The number of carbonyl (C=O) groups is 3. The van der Waals surface area contributed by atoms with Gasteiger partial charge in [-0.05, 0) is 17.4 Å². The number of carboxylic acid groups (broad SMARTS) is 1.